The largest absolute Gasteiger partial charge is 0.468 e. The normalized spacial score (nSPS) is 19.8. The molecular formula is C14H20O4. The van der Waals surface area contributed by atoms with E-state index in [1.165, 1.54) is 14.2 Å². The molecule has 0 amide bonds. The van der Waals surface area contributed by atoms with Crippen molar-refractivity contribution in [1.29, 1.82) is 0 Å². The number of ether oxygens (including phenoxy) is 2. The standard InChI is InChI=1S/C14H20O4/c1-5-10(2)7-6-8-11-9-14(11,12(15)17-3)13(16)18-4/h5,11H,1-2,6-9H2,3-4H3. The zero-order valence-electron chi connectivity index (χ0n) is 11.0. The summed E-state index contributed by atoms with van der Waals surface area (Å²) in [6.45, 7) is 7.47. The maximum absolute atomic E-state index is 11.7. The van der Waals surface area contributed by atoms with Crippen LogP contribution in [0, 0.1) is 11.3 Å². The number of hydrogen-bond donors (Lipinski definition) is 0. The average molecular weight is 252 g/mol. The Morgan fingerprint density at radius 1 is 1.33 bits per heavy atom. The summed E-state index contributed by atoms with van der Waals surface area (Å²) in [5.74, 6) is -0.946. The lowest BCUT2D eigenvalue weighted by atomic mass is 9.99. The fraction of sp³-hybridized carbons (Fsp3) is 0.571. The van der Waals surface area contributed by atoms with Crippen molar-refractivity contribution < 1.29 is 19.1 Å². The molecule has 1 fully saturated rings. The summed E-state index contributed by atoms with van der Waals surface area (Å²) in [6, 6.07) is 0. The van der Waals surface area contributed by atoms with E-state index in [-0.39, 0.29) is 5.92 Å². The van der Waals surface area contributed by atoms with Crippen molar-refractivity contribution in [2.45, 2.75) is 25.7 Å². The molecule has 18 heavy (non-hydrogen) atoms. The summed E-state index contributed by atoms with van der Waals surface area (Å²) in [7, 11) is 2.59. The van der Waals surface area contributed by atoms with E-state index in [0.29, 0.717) is 6.42 Å². The predicted molar refractivity (Wildman–Crippen MR) is 67.8 cm³/mol. The molecule has 1 rings (SSSR count). The summed E-state index contributed by atoms with van der Waals surface area (Å²) in [5.41, 5.74) is -0.0867. The number of methoxy groups -OCH3 is 2. The maximum Gasteiger partial charge on any atom is 0.323 e. The lowest BCUT2D eigenvalue weighted by Gasteiger charge is -2.12. The molecule has 0 heterocycles. The van der Waals surface area contributed by atoms with E-state index in [1.54, 1.807) is 6.08 Å². The molecule has 4 nitrogen and oxygen atoms in total. The maximum atomic E-state index is 11.7. The van der Waals surface area contributed by atoms with E-state index in [9.17, 15) is 9.59 Å². The van der Waals surface area contributed by atoms with E-state index in [1.807, 2.05) is 0 Å². The molecule has 0 aromatic carbocycles. The highest BCUT2D eigenvalue weighted by atomic mass is 16.5. The van der Waals surface area contributed by atoms with Crippen molar-refractivity contribution in [3.63, 3.8) is 0 Å². The average Bonchev–Trinajstić information content (AvgIpc) is 3.12. The van der Waals surface area contributed by atoms with Crippen LogP contribution in [0.2, 0.25) is 0 Å². The van der Waals surface area contributed by atoms with Gasteiger partial charge < -0.3 is 9.47 Å². The van der Waals surface area contributed by atoms with Crippen LogP contribution in [-0.2, 0) is 19.1 Å². The first-order chi connectivity index (χ1) is 8.52. The minimum atomic E-state index is -1.06. The summed E-state index contributed by atoms with van der Waals surface area (Å²) in [5, 5.41) is 0. The Bertz CT molecular complexity index is 354. The Balaban J connectivity index is 2.55. The molecule has 0 aliphatic heterocycles. The van der Waals surface area contributed by atoms with E-state index in [4.69, 9.17) is 9.47 Å². The summed E-state index contributed by atoms with van der Waals surface area (Å²) >= 11 is 0. The van der Waals surface area contributed by atoms with Crippen molar-refractivity contribution in [3.05, 3.63) is 24.8 Å². The number of carbonyl (C=O) groups is 2. The van der Waals surface area contributed by atoms with Crippen LogP contribution in [0.3, 0.4) is 0 Å². The van der Waals surface area contributed by atoms with Gasteiger partial charge in [0.1, 0.15) is 0 Å². The van der Waals surface area contributed by atoms with E-state index in [0.717, 1.165) is 24.8 Å². The zero-order valence-corrected chi connectivity index (χ0v) is 11.0. The molecule has 0 bridgehead atoms. The number of hydrogen-bond acceptors (Lipinski definition) is 4. The Kier molecular flexibility index (Phi) is 4.70. The molecule has 0 N–H and O–H groups in total. The zero-order chi connectivity index (χ0) is 13.8. The third-order valence-electron chi connectivity index (χ3n) is 3.54. The highest BCUT2D eigenvalue weighted by Crippen LogP contribution is 2.56. The fourth-order valence-corrected chi connectivity index (χ4v) is 2.30. The molecule has 1 saturated carbocycles. The van der Waals surface area contributed by atoms with Gasteiger partial charge in [-0.2, -0.15) is 0 Å². The number of carbonyl (C=O) groups excluding carboxylic acids is 2. The monoisotopic (exact) mass is 252 g/mol. The number of rotatable bonds is 7. The third kappa shape index (κ3) is 2.63. The van der Waals surface area contributed by atoms with Gasteiger partial charge in [0, 0.05) is 0 Å². The van der Waals surface area contributed by atoms with Gasteiger partial charge in [-0.25, -0.2) is 0 Å². The van der Waals surface area contributed by atoms with Gasteiger partial charge in [-0.3, -0.25) is 9.59 Å². The molecule has 4 heteroatoms. The van der Waals surface area contributed by atoms with E-state index >= 15 is 0 Å². The third-order valence-corrected chi connectivity index (χ3v) is 3.54. The second-order valence-electron chi connectivity index (χ2n) is 4.61. The first-order valence-corrected chi connectivity index (χ1v) is 6.00. The molecule has 1 aliphatic rings. The second kappa shape index (κ2) is 5.85. The first kappa shape index (κ1) is 14.5. The van der Waals surface area contributed by atoms with Crippen LogP contribution in [0.25, 0.3) is 0 Å². The summed E-state index contributed by atoms with van der Waals surface area (Å²) in [6.07, 6.45) is 4.74. The van der Waals surface area contributed by atoms with E-state index in [2.05, 4.69) is 13.2 Å². The van der Waals surface area contributed by atoms with Crippen molar-refractivity contribution in [2.75, 3.05) is 14.2 Å². The van der Waals surface area contributed by atoms with Gasteiger partial charge in [0.2, 0.25) is 0 Å². The van der Waals surface area contributed by atoms with Crippen LogP contribution in [-0.4, -0.2) is 26.2 Å². The molecule has 100 valence electrons. The summed E-state index contributed by atoms with van der Waals surface area (Å²) in [4.78, 5) is 23.4. The Hall–Kier alpha value is -1.58. The first-order valence-electron chi connectivity index (χ1n) is 6.00. The van der Waals surface area contributed by atoms with Gasteiger partial charge in [0.25, 0.3) is 0 Å². The lowest BCUT2D eigenvalue weighted by Crippen LogP contribution is -2.30. The fourth-order valence-electron chi connectivity index (χ4n) is 2.30. The highest BCUT2D eigenvalue weighted by Gasteiger charge is 2.67. The van der Waals surface area contributed by atoms with Crippen molar-refractivity contribution in [3.8, 4) is 0 Å². The summed E-state index contributed by atoms with van der Waals surface area (Å²) < 4.78 is 9.41. The minimum Gasteiger partial charge on any atom is -0.468 e. The van der Waals surface area contributed by atoms with Crippen molar-refractivity contribution in [1.82, 2.24) is 0 Å². The lowest BCUT2D eigenvalue weighted by molar-refractivity contribution is -0.162. The van der Waals surface area contributed by atoms with E-state index < -0.39 is 17.4 Å². The topological polar surface area (TPSA) is 52.6 Å². The second-order valence-corrected chi connectivity index (χ2v) is 4.61. The van der Waals surface area contributed by atoms with Crippen LogP contribution < -0.4 is 0 Å². The molecule has 0 spiro atoms. The SMILES string of the molecule is C=CC(=C)CCCC1CC1(C(=O)OC)C(=O)OC. The van der Waals surface area contributed by atoms with Crippen LogP contribution in [0.1, 0.15) is 25.7 Å². The smallest absolute Gasteiger partial charge is 0.323 e. The Morgan fingerprint density at radius 3 is 2.33 bits per heavy atom. The van der Waals surface area contributed by atoms with Crippen molar-refractivity contribution in [2.24, 2.45) is 11.3 Å². The molecule has 1 atom stereocenters. The van der Waals surface area contributed by atoms with Gasteiger partial charge >= 0.3 is 11.9 Å². The van der Waals surface area contributed by atoms with Crippen LogP contribution in [0.15, 0.2) is 24.8 Å². The molecule has 0 saturated heterocycles. The van der Waals surface area contributed by atoms with Gasteiger partial charge in [0.05, 0.1) is 14.2 Å². The molecule has 0 aromatic heterocycles. The number of esters is 2. The Morgan fingerprint density at radius 2 is 1.89 bits per heavy atom. The van der Waals surface area contributed by atoms with Crippen molar-refractivity contribution >= 4 is 11.9 Å². The van der Waals surface area contributed by atoms with Crippen LogP contribution in [0.5, 0.6) is 0 Å². The highest BCUT2D eigenvalue weighted by molar-refractivity contribution is 6.03. The molecule has 0 aromatic rings. The Labute approximate surface area is 108 Å². The van der Waals surface area contributed by atoms with Crippen LogP contribution in [0.4, 0.5) is 0 Å². The predicted octanol–water partition coefficient (Wildman–Crippen LogP) is 2.25. The minimum absolute atomic E-state index is 0.0232. The molecule has 0 radical (unpaired) electrons. The molecular weight excluding hydrogens is 232 g/mol. The quantitative estimate of drug-likeness (QED) is 0.396. The number of allylic oxidation sites excluding steroid dienone is 2. The molecule has 1 aliphatic carbocycles. The van der Waals surface area contributed by atoms with Gasteiger partial charge in [-0.05, 0) is 31.6 Å². The van der Waals surface area contributed by atoms with Gasteiger partial charge in [0.15, 0.2) is 5.41 Å². The molecule has 1 unspecified atom stereocenters. The van der Waals surface area contributed by atoms with Gasteiger partial charge in [-0.15, -0.1) is 0 Å². The van der Waals surface area contributed by atoms with Crippen LogP contribution >= 0.6 is 0 Å². The van der Waals surface area contributed by atoms with Gasteiger partial charge in [-0.1, -0.05) is 24.8 Å².